The van der Waals surface area contributed by atoms with Gasteiger partial charge in [0.15, 0.2) is 0 Å². The fourth-order valence-electron chi connectivity index (χ4n) is 1.75. The third kappa shape index (κ3) is 1.63. The van der Waals surface area contributed by atoms with Crippen LogP contribution in [0.4, 0.5) is 0 Å². The van der Waals surface area contributed by atoms with Gasteiger partial charge in [-0.1, -0.05) is 6.42 Å². The van der Waals surface area contributed by atoms with Gasteiger partial charge in [-0.15, -0.1) is 0 Å². The van der Waals surface area contributed by atoms with Gasteiger partial charge < -0.3 is 14.2 Å². The summed E-state index contributed by atoms with van der Waals surface area (Å²) >= 11 is 0. The van der Waals surface area contributed by atoms with Gasteiger partial charge in [0.2, 0.25) is 0 Å². The Morgan fingerprint density at radius 3 is 2.83 bits per heavy atom. The van der Waals surface area contributed by atoms with Crippen LogP contribution in [0.3, 0.4) is 0 Å². The molecule has 0 bridgehead atoms. The van der Waals surface area contributed by atoms with Gasteiger partial charge in [-0.05, 0) is 19.8 Å². The lowest BCUT2D eigenvalue weighted by molar-refractivity contribution is -0.335. The van der Waals surface area contributed by atoms with Crippen LogP contribution in [-0.2, 0) is 14.2 Å². The van der Waals surface area contributed by atoms with Crippen molar-refractivity contribution in [3.05, 3.63) is 0 Å². The van der Waals surface area contributed by atoms with Crippen molar-refractivity contribution in [3.8, 4) is 0 Å². The van der Waals surface area contributed by atoms with Gasteiger partial charge in [-0.2, -0.15) is 0 Å². The summed E-state index contributed by atoms with van der Waals surface area (Å²) in [7, 11) is 0. The molecule has 2 atom stereocenters. The van der Waals surface area contributed by atoms with Crippen LogP contribution in [0.25, 0.3) is 0 Å². The average molecular weight is 172 g/mol. The molecule has 2 fully saturated rings. The zero-order chi connectivity index (χ0) is 8.44. The van der Waals surface area contributed by atoms with Gasteiger partial charge in [0.05, 0.1) is 19.3 Å². The molecule has 2 aliphatic rings. The highest BCUT2D eigenvalue weighted by Gasteiger charge is 2.41. The van der Waals surface area contributed by atoms with Crippen LogP contribution in [-0.4, -0.2) is 25.3 Å². The predicted molar refractivity (Wildman–Crippen MR) is 43.7 cm³/mol. The molecular formula is C9H16O3. The summed E-state index contributed by atoms with van der Waals surface area (Å²) in [5, 5.41) is 0. The topological polar surface area (TPSA) is 27.7 Å². The summed E-state index contributed by atoms with van der Waals surface area (Å²) < 4.78 is 16.7. The monoisotopic (exact) mass is 172 g/mol. The van der Waals surface area contributed by atoms with Gasteiger partial charge in [0.25, 0.3) is 5.97 Å². The Morgan fingerprint density at radius 2 is 2.08 bits per heavy atom. The molecular weight excluding hydrogens is 156 g/mol. The van der Waals surface area contributed by atoms with Crippen molar-refractivity contribution in [2.24, 2.45) is 0 Å². The highest BCUT2D eigenvalue weighted by molar-refractivity contribution is 4.70. The van der Waals surface area contributed by atoms with E-state index >= 15 is 0 Å². The maximum atomic E-state index is 5.63. The minimum Gasteiger partial charge on any atom is -0.327 e. The first-order chi connectivity index (χ1) is 5.81. The van der Waals surface area contributed by atoms with E-state index in [1.807, 2.05) is 6.92 Å². The van der Waals surface area contributed by atoms with Crippen LogP contribution in [0, 0.1) is 0 Å². The third-order valence-electron chi connectivity index (χ3n) is 2.37. The molecule has 12 heavy (non-hydrogen) atoms. The van der Waals surface area contributed by atoms with Crippen LogP contribution in [0.5, 0.6) is 0 Å². The van der Waals surface area contributed by atoms with Crippen LogP contribution in [0.2, 0.25) is 0 Å². The molecule has 3 heteroatoms. The van der Waals surface area contributed by atoms with Gasteiger partial charge in [0.1, 0.15) is 0 Å². The molecule has 0 N–H and O–H groups in total. The molecule has 0 saturated carbocycles. The summed E-state index contributed by atoms with van der Waals surface area (Å²) in [5.41, 5.74) is 0. The van der Waals surface area contributed by atoms with Crippen LogP contribution in [0.1, 0.15) is 32.6 Å². The van der Waals surface area contributed by atoms with Crippen LogP contribution in [0.15, 0.2) is 0 Å². The van der Waals surface area contributed by atoms with E-state index in [0.29, 0.717) is 6.61 Å². The Balaban J connectivity index is 1.98. The van der Waals surface area contributed by atoms with E-state index in [1.165, 1.54) is 6.42 Å². The molecule has 2 rings (SSSR count). The lowest BCUT2D eigenvalue weighted by atomic mass is 10.2. The van der Waals surface area contributed by atoms with Crippen molar-refractivity contribution in [2.45, 2.75) is 44.7 Å². The Kier molecular flexibility index (Phi) is 2.35. The minimum absolute atomic E-state index is 0.183. The second-order valence-corrected chi connectivity index (χ2v) is 3.58. The van der Waals surface area contributed by atoms with Crippen molar-refractivity contribution in [1.82, 2.24) is 0 Å². The number of hydrogen-bond acceptors (Lipinski definition) is 3. The van der Waals surface area contributed by atoms with Crippen LogP contribution >= 0.6 is 0 Å². The Hall–Kier alpha value is -0.120. The number of ether oxygens (including phenoxy) is 3. The molecule has 0 aromatic heterocycles. The maximum Gasteiger partial charge on any atom is 0.283 e. The first kappa shape index (κ1) is 8.48. The van der Waals surface area contributed by atoms with E-state index in [1.54, 1.807) is 0 Å². The van der Waals surface area contributed by atoms with Gasteiger partial charge in [-0.25, -0.2) is 0 Å². The number of hydrogen-bond donors (Lipinski definition) is 0. The van der Waals surface area contributed by atoms with Crippen molar-refractivity contribution in [3.63, 3.8) is 0 Å². The molecule has 2 saturated heterocycles. The van der Waals surface area contributed by atoms with Gasteiger partial charge in [-0.3, -0.25) is 0 Å². The lowest BCUT2D eigenvalue weighted by Crippen LogP contribution is -2.33. The zero-order valence-corrected chi connectivity index (χ0v) is 7.54. The van der Waals surface area contributed by atoms with Crippen molar-refractivity contribution in [2.75, 3.05) is 13.2 Å². The summed E-state index contributed by atoms with van der Waals surface area (Å²) in [5.74, 6) is -0.671. The fourth-order valence-corrected chi connectivity index (χ4v) is 1.75. The minimum atomic E-state index is -0.671. The second-order valence-electron chi connectivity index (χ2n) is 3.58. The molecule has 1 spiro atoms. The van der Waals surface area contributed by atoms with E-state index in [0.717, 1.165) is 25.9 Å². The Labute approximate surface area is 73.0 Å². The Morgan fingerprint density at radius 1 is 1.17 bits per heavy atom. The fraction of sp³-hybridized carbons (Fsp3) is 1.00. The van der Waals surface area contributed by atoms with Gasteiger partial charge >= 0.3 is 0 Å². The standard InChI is InChI=1S/C9H16O3/c1-8-7-11-9(12-8)5-3-2-4-6-10-9/h8H,2-7H2,1H3. The molecule has 70 valence electrons. The molecule has 0 aromatic carbocycles. The van der Waals surface area contributed by atoms with E-state index in [9.17, 15) is 0 Å². The van der Waals surface area contributed by atoms with E-state index in [4.69, 9.17) is 14.2 Å². The second kappa shape index (κ2) is 3.32. The molecule has 2 aliphatic heterocycles. The van der Waals surface area contributed by atoms with E-state index in [-0.39, 0.29) is 6.10 Å². The SMILES string of the molecule is CC1COC2(CCCCCO2)O1. The van der Waals surface area contributed by atoms with E-state index < -0.39 is 5.97 Å². The molecule has 0 aromatic rings. The maximum absolute atomic E-state index is 5.63. The smallest absolute Gasteiger partial charge is 0.283 e. The normalized spacial score (nSPS) is 43.2. The summed E-state index contributed by atoms with van der Waals surface area (Å²) in [6.07, 6.45) is 4.57. The van der Waals surface area contributed by atoms with E-state index in [2.05, 4.69) is 0 Å². The van der Waals surface area contributed by atoms with Crippen LogP contribution < -0.4 is 0 Å². The molecule has 3 nitrogen and oxygen atoms in total. The highest BCUT2D eigenvalue weighted by Crippen LogP contribution is 2.32. The third-order valence-corrected chi connectivity index (χ3v) is 2.37. The summed E-state index contributed by atoms with van der Waals surface area (Å²) in [6.45, 7) is 3.45. The Bertz CT molecular complexity index is 150. The quantitative estimate of drug-likeness (QED) is 0.556. The summed E-state index contributed by atoms with van der Waals surface area (Å²) in [6, 6.07) is 0. The van der Waals surface area contributed by atoms with Crippen molar-refractivity contribution < 1.29 is 14.2 Å². The zero-order valence-electron chi connectivity index (χ0n) is 7.54. The molecule has 2 unspecified atom stereocenters. The highest BCUT2D eigenvalue weighted by atomic mass is 16.9. The largest absolute Gasteiger partial charge is 0.327 e. The van der Waals surface area contributed by atoms with Crippen molar-refractivity contribution in [1.29, 1.82) is 0 Å². The molecule has 0 radical (unpaired) electrons. The number of rotatable bonds is 0. The first-order valence-electron chi connectivity index (χ1n) is 4.76. The van der Waals surface area contributed by atoms with Crippen molar-refractivity contribution >= 4 is 0 Å². The molecule has 0 aliphatic carbocycles. The lowest BCUT2D eigenvalue weighted by Gasteiger charge is -2.25. The average Bonchev–Trinajstić information content (AvgIpc) is 2.30. The first-order valence-corrected chi connectivity index (χ1v) is 4.76. The molecule has 0 amide bonds. The predicted octanol–water partition coefficient (Wildman–Crippen LogP) is 1.67. The summed E-state index contributed by atoms with van der Waals surface area (Å²) in [4.78, 5) is 0. The van der Waals surface area contributed by atoms with Gasteiger partial charge in [0, 0.05) is 6.42 Å². The molecule has 2 heterocycles.